The van der Waals surface area contributed by atoms with Crippen molar-refractivity contribution in [3.63, 3.8) is 0 Å². The Hall–Kier alpha value is -0.790. The molecule has 0 radical (unpaired) electrons. The van der Waals surface area contributed by atoms with Crippen LogP contribution in [-0.4, -0.2) is 3.98 Å². The summed E-state index contributed by atoms with van der Waals surface area (Å²) < 4.78 is 41.0. The Kier molecular flexibility index (Phi) is 3.12. The fourth-order valence-electron chi connectivity index (χ4n) is 0.707. The van der Waals surface area contributed by atoms with Gasteiger partial charge in [0.15, 0.2) is 11.6 Å². The largest absolute Gasteiger partial charge is 0.413 e. The Morgan fingerprint density at radius 3 is 2.08 bits per heavy atom. The first kappa shape index (κ1) is 10.3. The molecule has 0 amide bonds. The summed E-state index contributed by atoms with van der Waals surface area (Å²) in [5.41, 5.74) is 0. The van der Waals surface area contributed by atoms with Crippen LogP contribution in [0.3, 0.4) is 0 Å². The van der Waals surface area contributed by atoms with Gasteiger partial charge in [-0.25, -0.2) is 18.0 Å². The molecule has 1 rings (SSSR count). The van der Waals surface area contributed by atoms with E-state index in [2.05, 4.69) is 4.74 Å². The molecule has 0 aliphatic carbocycles. The van der Waals surface area contributed by atoms with Gasteiger partial charge in [-0.15, -0.1) is 0 Å². The highest BCUT2D eigenvalue weighted by Gasteiger charge is 2.14. The Labute approximate surface area is 84.8 Å². The van der Waals surface area contributed by atoms with Gasteiger partial charge in [0.1, 0.15) is 5.82 Å². The second kappa shape index (κ2) is 3.95. The molecule has 70 valence electrons. The molecule has 0 heterocycles. The molecule has 0 unspecified atom stereocenters. The number of rotatable bonds is 1. The second-order valence-electron chi connectivity index (χ2n) is 2.04. The van der Waals surface area contributed by atoms with Gasteiger partial charge in [0, 0.05) is 12.1 Å². The zero-order valence-electron chi connectivity index (χ0n) is 5.98. The molecule has 0 saturated heterocycles. The van der Waals surface area contributed by atoms with Crippen LogP contribution in [0.25, 0.3) is 0 Å². The van der Waals surface area contributed by atoms with E-state index in [4.69, 9.17) is 0 Å². The van der Waals surface area contributed by atoms with Crippen LogP contribution in [0.2, 0.25) is 0 Å². The second-order valence-corrected chi connectivity index (χ2v) is 2.92. The van der Waals surface area contributed by atoms with Crippen LogP contribution in [-0.2, 0) is 0 Å². The summed E-state index contributed by atoms with van der Waals surface area (Å²) in [7, 11) is 0. The predicted octanol–water partition coefficient (Wildman–Crippen LogP) is 3.04. The summed E-state index contributed by atoms with van der Waals surface area (Å²) in [6.45, 7) is 0. The lowest BCUT2D eigenvalue weighted by atomic mass is 10.3. The van der Waals surface area contributed by atoms with Crippen LogP contribution in [0.15, 0.2) is 12.1 Å². The van der Waals surface area contributed by atoms with Crippen LogP contribution in [0, 0.1) is 17.5 Å². The summed E-state index contributed by atoms with van der Waals surface area (Å²) >= 11 is 1.20. The van der Waals surface area contributed by atoms with Gasteiger partial charge in [-0.3, -0.25) is 0 Å². The molecule has 1 aromatic rings. The van der Waals surface area contributed by atoms with E-state index in [1.807, 2.05) is 0 Å². The number of hydrogen-bond acceptors (Lipinski definition) is 2. The van der Waals surface area contributed by atoms with Crippen molar-refractivity contribution in [3.8, 4) is 5.75 Å². The smallest absolute Gasteiger partial charge is 0.372 e. The first-order chi connectivity index (χ1) is 6.00. The first-order valence-corrected chi connectivity index (χ1v) is 4.10. The molecule has 0 aromatic heterocycles. The van der Waals surface area contributed by atoms with Gasteiger partial charge in [0.05, 0.1) is 22.6 Å². The first-order valence-electron chi connectivity index (χ1n) is 3.02. The van der Waals surface area contributed by atoms with Gasteiger partial charge in [-0.2, -0.15) is 0 Å². The van der Waals surface area contributed by atoms with Crippen molar-refractivity contribution < 1.29 is 22.7 Å². The third-order valence-electron chi connectivity index (χ3n) is 1.15. The van der Waals surface area contributed by atoms with Crippen molar-refractivity contribution >= 4 is 26.6 Å². The maximum Gasteiger partial charge on any atom is 0.372 e. The molecule has 0 aliphatic heterocycles. The van der Waals surface area contributed by atoms with Gasteiger partial charge in [0.25, 0.3) is 0 Å². The zero-order chi connectivity index (χ0) is 10.0. The third-order valence-corrected chi connectivity index (χ3v) is 1.37. The van der Waals surface area contributed by atoms with Gasteiger partial charge < -0.3 is 4.74 Å². The molecule has 0 atom stereocenters. The molecule has 6 heteroatoms. The van der Waals surface area contributed by atoms with Crippen LogP contribution in [0.5, 0.6) is 5.75 Å². The summed E-state index contributed by atoms with van der Waals surface area (Å²) in [6.07, 6.45) is 0. The number of carbonyl (C=O) groups excluding carboxylic acids is 1. The average molecular weight is 302 g/mol. The van der Waals surface area contributed by atoms with Crippen molar-refractivity contribution in [2.75, 3.05) is 0 Å². The van der Waals surface area contributed by atoms with Crippen LogP contribution >= 0.6 is 22.6 Å². The van der Waals surface area contributed by atoms with Crippen molar-refractivity contribution in [1.82, 2.24) is 0 Å². The Morgan fingerprint density at radius 1 is 1.23 bits per heavy atom. The normalized spacial score (nSPS) is 9.85. The third kappa shape index (κ3) is 2.58. The summed E-state index contributed by atoms with van der Waals surface area (Å²) in [4.78, 5) is 10.3. The fraction of sp³-hybridized carbons (Fsp3) is 0. The van der Waals surface area contributed by atoms with Crippen LogP contribution in [0.1, 0.15) is 0 Å². The Morgan fingerprint density at radius 2 is 1.69 bits per heavy atom. The van der Waals surface area contributed by atoms with Crippen LogP contribution < -0.4 is 4.74 Å². The van der Waals surface area contributed by atoms with E-state index in [0.717, 1.165) is 0 Å². The van der Waals surface area contributed by atoms with E-state index in [1.165, 1.54) is 22.6 Å². The minimum absolute atomic E-state index is 0.429. The number of carbonyl (C=O) groups is 1. The van der Waals surface area contributed by atoms with Gasteiger partial charge in [0.2, 0.25) is 5.75 Å². The maximum atomic E-state index is 12.7. The quantitative estimate of drug-likeness (QED) is 0.589. The lowest BCUT2D eigenvalue weighted by Gasteiger charge is -2.02. The van der Waals surface area contributed by atoms with Crippen molar-refractivity contribution in [1.29, 1.82) is 0 Å². The number of ether oxygens (including phenoxy) is 1. The summed E-state index contributed by atoms with van der Waals surface area (Å²) in [6, 6.07) is 0.857. The number of halogens is 4. The monoisotopic (exact) mass is 302 g/mol. The standard InChI is InChI=1S/C7H2F3IO2/c8-3-1-4(9)6(5(10)2-3)13-7(11)12/h1-2H. The highest BCUT2D eigenvalue weighted by Crippen LogP contribution is 2.23. The maximum absolute atomic E-state index is 12.7. The van der Waals surface area contributed by atoms with Crippen molar-refractivity contribution in [3.05, 3.63) is 29.6 Å². The molecule has 0 bridgehead atoms. The van der Waals surface area contributed by atoms with E-state index < -0.39 is 27.2 Å². The van der Waals surface area contributed by atoms with Crippen molar-refractivity contribution in [2.45, 2.75) is 0 Å². The van der Waals surface area contributed by atoms with E-state index in [9.17, 15) is 18.0 Å². The van der Waals surface area contributed by atoms with Gasteiger partial charge in [-0.05, 0) is 0 Å². The summed E-state index contributed by atoms with van der Waals surface area (Å²) in [5.74, 6) is -4.45. The minimum atomic E-state index is -1.25. The average Bonchev–Trinajstić information content (AvgIpc) is 1.96. The Bertz CT molecular complexity index is 331. The zero-order valence-corrected chi connectivity index (χ0v) is 8.14. The van der Waals surface area contributed by atoms with Crippen molar-refractivity contribution in [2.24, 2.45) is 0 Å². The molecule has 0 N–H and O–H groups in total. The lowest BCUT2D eigenvalue weighted by molar-refractivity contribution is 0.225. The van der Waals surface area contributed by atoms with Crippen LogP contribution in [0.4, 0.5) is 18.0 Å². The lowest BCUT2D eigenvalue weighted by Crippen LogP contribution is -2.01. The van der Waals surface area contributed by atoms with Gasteiger partial charge in [-0.1, -0.05) is 0 Å². The topological polar surface area (TPSA) is 26.3 Å². The molecule has 1 aromatic carbocycles. The number of benzene rings is 1. The van der Waals surface area contributed by atoms with E-state index >= 15 is 0 Å². The molecule has 13 heavy (non-hydrogen) atoms. The number of hydrogen-bond donors (Lipinski definition) is 0. The molecular formula is C7H2F3IO2. The molecular weight excluding hydrogens is 300 g/mol. The molecule has 0 fully saturated rings. The highest BCUT2D eigenvalue weighted by atomic mass is 127. The molecule has 0 spiro atoms. The molecule has 0 saturated carbocycles. The highest BCUT2D eigenvalue weighted by molar-refractivity contribution is 14.1. The fourth-order valence-corrected chi connectivity index (χ4v) is 0.927. The summed E-state index contributed by atoms with van der Waals surface area (Å²) in [5, 5.41) is 0. The predicted molar refractivity (Wildman–Crippen MR) is 46.4 cm³/mol. The molecule has 0 aliphatic rings. The minimum Gasteiger partial charge on any atom is -0.413 e. The van der Waals surface area contributed by atoms with E-state index in [0.29, 0.717) is 12.1 Å². The van der Waals surface area contributed by atoms with E-state index in [1.54, 1.807) is 0 Å². The molecule has 2 nitrogen and oxygen atoms in total. The Balaban J connectivity index is 3.13. The SMILES string of the molecule is O=C(I)Oc1c(F)cc(F)cc1F. The van der Waals surface area contributed by atoms with Gasteiger partial charge >= 0.3 is 3.98 Å². The van der Waals surface area contributed by atoms with E-state index in [-0.39, 0.29) is 0 Å².